The van der Waals surface area contributed by atoms with Crippen molar-refractivity contribution in [2.45, 2.75) is 257 Å². The van der Waals surface area contributed by atoms with Crippen LogP contribution in [0.5, 0.6) is 0 Å². The number of unbranched alkanes of at least 4 members (excludes halogenated alkanes) is 31. The molecule has 11 heteroatoms. The van der Waals surface area contributed by atoms with Gasteiger partial charge in [-0.05, 0) is 38.5 Å². The quantitative estimate of drug-likeness (QED) is 0.0234. The number of ether oxygens (including phenoxy) is 2. The lowest BCUT2D eigenvalue weighted by Crippen LogP contribution is -2.29. The standard InChI is InChI=1S/C48H93O10P/c1-3-5-7-9-11-13-15-17-19-20-21-22-23-24-26-28-30-32-34-36-38-40-48(52)58-46(44-57-59(53,54)56-42-45(50)41-49)43-55-47(51)39-37-35-33-31-29-27-25-18-16-14-12-10-8-6-4-2/h27,29,45-46,49-50H,3-26,28,30-44H2,1-2H3,(H,53,54)/b29-27+/t45-,46+/m0/s1. The van der Waals surface area contributed by atoms with Gasteiger partial charge in [-0.15, -0.1) is 0 Å². The first-order valence-corrected chi connectivity index (χ1v) is 26.1. The Labute approximate surface area is 362 Å². The van der Waals surface area contributed by atoms with E-state index in [1.807, 2.05) is 0 Å². The number of carbonyl (C=O) groups excluding carboxylic acids is 2. The van der Waals surface area contributed by atoms with E-state index < -0.39 is 51.8 Å². The topological polar surface area (TPSA) is 149 Å². The molecule has 0 heterocycles. The van der Waals surface area contributed by atoms with E-state index in [0.717, 1.165) is 44.9 Å². The van der Waals surface area contributed by atoms with Gasteiger partial charge in [0.2, 0.25) is 0 Å². The van der Waals surface area contributed by atoms with Crippen LogP contribution in [0.25, 0.3) is 0 Å². The van der Waals surface area contributed by atoms with Crippen molar-refractivity contribution < 1.29 is 47.8 Å². The van der Waals surface area contributed by atoms with Crippen LogP contribution in [0.15, 0.2) is 12.2 Å². The highest BCUT2D eigenvalue weighted by Crippen LogP contribution is 2.43. The van der Waals surface area contributed by atoms with Gasteiger partial charge < -0.3 is 24.6 Å². The molecule has 3 atom stereocenters. The second kappa shape index (κ2) is 44.8. The molecule has 0 radical (unpaired) electrons. The van der Waals surface area contributed by atoms with E-state index in [1.54, 1.807) is 0 Å². The number of hydrogen-bond donors (Lipinski definition) is 3. The normalized spacial score (nSPS) is 13.8. The molecule has 0 spiro atoms. The molecule has 0 aromatic carbocycles. The van der Waals surface area contributed by atoms with Gasteiger partial charge in [0.25, 0.3) is 0 Å². The van der Waals surface area contributed by atoms with Gasteiger partial charge >= 0.3 is 19.8 Å². The lowest BCUT2D eigenvalue weighted by molar-refractivity contribution is -0.161. The third-order valence-corrected chi connectivity index (χ3v) is 11.9. The maximum absolute atomic E-state index is 12.7. The highest BCUT2D eigenvalue weighted by Gasteiger charge is 2.27. The van der Waals surface area contributed by atoms with E-state index >= 15 is 0 Å². The van der Waals surface area contributed by atoms with Crippen LogP contribution in [0.4, 0.5) is 0 Å². The Hall–Kier alpha value is -1.29. The second-order valence-electron chi connectivity index (χ2n) is 16.8. The number of esters is 2. The molecule has 0 aliphatic carbocycles. The van der Waals surface area contributed by atoms with E-state index in [-0.39, 0.29) is 19.4 Å². The molecule has 350 valence electrons. The summed E-state index contributed by atoms with van der Waals surface area (Å²) >= 11 is 0. The van der Waals surface area contributed by atoms with Crippen molar-refractivity contribution in [1.29, 1.82) is 0 Å². The number of allylic oxidation sites excluding steroid dienone is 2. The first-order valence-electron chi connectivity index (χ1n) is 24.6. The minimum atomic E-state index is -4.62. The molecule has 0 aromatic heterocycles. The smallest absolute Gasteiger partial charge is 0.462 e. The molecule has 0 aliphatic rings. The zero-order valence-electron chi connectivity index (χ0n) is 38.2. The second-order valence-corrected chi connectivity index (χ2v) is 18.3. The van der Waals surface area contributed by atoms with Crippen LogP contribution in [0, 0.1) is 0 Å². The third-order valence-electron chi connectivity index (χ3n) is 10.9. The number of phosphoric ester groups is 1. The molecule has 0 fully saturated rings. The Morgan fingerprint density at radius 3 is 1.24 bits per heavy atom. The first kappa shape index (κ1) is 57.7. The fourth-order valence-corrected chi connectivity index (χ4v) is 7.90. The van der Waals surface area contributed by atoms with E-state index in [1.165, 1.54) is 161 Å². The molecule has 10 nitrogen and oxygen atoms in total. The van der Waals surface area contributed by atoms with Gasteiger partial charge in [0.15, 0.2) is 6.10 Å². The number of aliphatic hydroxyl groups is 2. The van der Waals surface area contributed by atoms with Gasteiger partial charge in [-0.3, -0.25) is 18.6 Å². The molecule has 0 aliphatic heterocycles. The number of aliphatic hydroxyl groups excluding tert-OH is 2. The Balaban J connectivity index is 4.17. The van der Waals surface area contributed by atoms with Crippen LogP contribution < -0.4 is 0 Å². The summed E-state index contributed by atoms with van der Waals surface area (Å²) in [6.45, 7) is 2.41. The summed E-state index contributed by atoms with van der Waals surface area (Å²) in [5, 5.41) is 18.4. The lowest BCUT2D eigenvalue weighted by Gasteiger charge is -2.20. The number of phosphoric acid groups is 1. The largest absolute Gasteiger partial charge is 0.472 e. The van der Waals surface area contributed by atoms with Crippen molar-refractivity contribution in [3.63, 3.8) is 0 Å². The SMILES string of the molecule is CCCCCCCCCC/C=C/CCCCCC(=O)OC[C@H](COP(=O)(O)OC[C@@H](O)CO)OC(=O)CCCCCCCCCCCCCCCCCCCCCCC. The van der Waals surface area contributed by atoms with Gasteiger partial charge in [-0.2, -0.15) is 0 Å². The van der Waals surface area contributed by atoms with E-state index in [4.69, 9.17) is 23.6 Å². The predicted molar refractivity (Wildman–Crippen MR) is 242 cm³/mol. The van der Waals surface area contributed by atoms with Gasteiger partial charge in [0.1, 0.15) is 12.7 Å². The van der Waals surface area contributed by atoms with Crippen molar-refractivity contribution in [2.24, 2.45) is 0 Å². The van der Waals surface area contributed by atoms with E-state index in [9.17, 15) is 24.2 Å². The lowest BCUT2D eigenvalue weighted by atomic mass is 10.0. The molecule has 0 bridgehead atoms. The van der Waals surface area contributed by atoms with Crippen LogP contribution in [0.2, 0.25) is 0 Å². The maximum atomic E-state index is 12.7. The minimum absolute atomic E-state index is 0.188. The van der Waals surface area contributed by atoms with Crippen LogP contribution in [0.1, 0.15) is 245 Å². The molecule has 0 saturated carbocycles. The van der Waals surface area contributed by atoms with Gasteiger partial charge in [-0.25, -0.2) is 4.57 Å². The average Bonchev–Trinajstić information content (AvgIpc) is 3.22. The Morgan fingerprint density at radius 1 is 0.492 bits per heavy atom. The fourth-order valence-electron chi connectivity index (χ4n) is 7.11. The Kier molecular flexibility index (Phi) is 43.8. The first-order chi connectivity index (χ1) is 28.7. The number of rotatable bonds is 47. The zero-order valence-corrected chi connectivity index (χ0v) is 39.1. The highest BCUT2D eigenvalue weighted by atomic mass is 31.2. The van der Waals surface area contributed by atoms with Crippen LogP contribution in [-0.2, 0) is 32.7 Å². The molecule has 0 rings (SSSR count). The summed E-state index contributed by atoms with van der Waals surface area (Å²) in [6, 6.07) is 0. The summed E-state index contributed by atoms with van der Waals surface area (Å²) in [6.07, 6.45) is 44.7. The monoisotopic (exact) mass is 861 g/mol. The number of hydrogen-bond acceptors (Lipinski definition) is 9. The fraction of sp³-hybridized carbons (Fsp3) is 0.917. The summed E-state index contributed by atoms with van der Waals surface area (Å²) in [5.74, 6) is -0.928. The summed E-state index contributed by atoms with van der Waals surface area (Å²) in [7, 11) is -4.62. The molecule has 0 saturated heterocycles. The number of carbonyl (C=O) groups is 2. The molecular weight excluding hydrogens is 767 g/mol. The molecule has 0 aromatic rings. The van der Waals surface area contributed by atoms with Crippen LogP contribution in [-0.4, -0.2) is 65.7 Å². The van der Waals surface area contributed by atoms with Crippen molar-refractivity contribution in [1.82, 2.24) is 0 Å². The summed E-state index contributed by atoms with van der Waals surface area (Å²) in [4.78, 5) is 35.1. The molecule has 3 N–H and O–H groups in total. The minimum Gasteiger partial charge on any atom is -0.462 e. The van der Waals surface area contributed by atoms with E-state index in [2.05, 4.69) is 26.0 Å². The van der Waals surface area contributed by atoms with Crippen molar-refractivity contribution >= 4 is 19.8 Å². The average molecular weight is 861 g/mol. The maximum Gasteiger partial charge on any atom is 0.472 e. The van der Waals surface area contributed by atoms with E-state index in [0.29, 0.717) is 12.8 Å². The molecule has 0 amide bonds. The zero-order chi connectivity index (χ0) is 43.3. The Morgan fingerprint density at radius 2 is 0.831 bits per heavy atom. The van der Waals surface area contributed by atoms with Gasteiger partial charge in [0, 0.05) is 12.8 Å². The van der Waals surface area contributed by atoms with Crippen LogP contribution >= 0.6 is 7.82 Å². The predicted octanol–water partition coefficient (Wildman–Crippen LogP) is 13.6. The summed E-state index contributed by atoms with van der Waals surface area (Å²) < 4.78 is 32.8. The van der Waals surface area contributed by atoms with Crippen molar-refractivity contribution in [3.8, 4) is 0 Å². The van der Waals surface area contributed by atoms with Gasteiger partial charge in [-0.1, -0.05) is 206 Å². The molecule has 59 heavy (non-hydrogen) atoms. The van der Waals surface area contributed by atoms with Gasteiger partial charge in [0.05, 0.1) is 19.8 Å². The molecule has 1 unspecified atom stereocenters. The summed E-state index contributed by atoms with van der Waals surface area (Å²) in [5.41, 5.74) is 0. The van der Waals surface area contributed by atoms with Crippen LogP contribution in [0.3, 0.4) is 0 Å². The van der Waals surface area contributed by atoms with Crippen molar-refractivity contribution in [2.75, 3.05) is 26.4 Å². The molecular formula is C48H93O10P. The third kappa shape index (κ3) is 44.6. The Bertz CT molecular complexity index is 993. The highest BCUT2D eigenvalue weighted by molar-refractivity contribution is 7.47. The van der Waals surface area contributed by atoms with Crippen molar-refractivity contribution in [3.05, 3.63) is 12.2 Å².